The number of rotatable bonds is 6. The zero-order valence-electron chi connectivity index (χ0n) is 6.35. The molecule has 0 saturated heterocycles. The summed E-state index contributed by atoms with van der Waals surface area (Å²) in [5, 5.41) is 2.58. The molecule has 0 rings (SSSR count). The van der Waals surface area contributed by atoms with Crippen LogP contribution in [0, 0.1) is 0 Å². The Balaban J connectivity index is 2.60. The predicted molar refractivity (Wildman–Crippen MR) is 40.5 cm³/mol. The Bertz CT molecular complexity index is 44.3. The fourth-order valence-electron chi connectivity index (χ4n) is 0.670. The summed E-state index contributed by atoms with van der Waals surface area (Å²) < 4.78 is 9.83. The Kier molecular flexibility index (Phi) is 8.88. The lowest BCUT2D eigenvalue weighted by Crippen LogP contribution is -1.99. The van der Waals surface area contributed by atoms with E-state index in [1.165, 1.54) is 10.6 Å². The van der Waals surface area contributed by atoms with Gasteiger partial charge in [-0.15, -0.1) is 0 Å². The van der Waals surface area contributed by atoms with Crippen molar-refractivity contribution in [3.63, 3.8) is 0 Å². The van der Waals surface area contributed by atoms with Gasteiger partial charge in [0.15, 0.2) is 0 Å². The van der Waals surface area contributed by atoms with Crippen molar-refractivity contribution in [3.05, 3.63) is 0 Å². The second kappa shape index (κ2) is 8.45. The van der Waals surface area contributed by atoms with Crippen LogP contribution in [0.1, 0.15) is 0 Å². The molecule has 2 nitrogen and oxygen atoms in total. The molecule has 0 bridgehead atoms. The highest BCUT2D eigenvalue weighted by Crippen LogP contribution is 1.85. The van der Waals surface area contributed by atoms with E-state index in [1.807, 2.05) is 0 Å². The molecular weight excluding hydrogens is 131 g/mol. The van der Waals surface area contributed by atoms with Crippen LogP contribution in [0.2, 0.25) is 10.6 Å². The van der Waals surface area contributed by atoms with E-state index in [4.69, 9.17) is 9.47 Å². The van der Waals surface area contributed by atoms with Gasteiger partial charge in [-0.25, -0.2) is 0 Å². The van der Waals surface area contributed by atoms with Gasteiger partial charge in [-0.05, 0) is 0 Å². The Hall–Kier alpha value is 0.452. The molecule has 3 heteroatoms. The molecule has 0 saturated carbocycles. The minimum Gasteiger partial charge on any atom is -0.386 e. The molecule has 0 atom stereocenters. The van der Waals surface area contributed by atoms with E-state index in [9.17, 15) is 0 Å². The molecule has 0 spiro atoms. The van der Waals surface area contributed by atoms with E-state index in [0.717, 1.165) is 13.2 Å². The molecule has 0 amide bonds. The molecule has 0 aromatic carbocycles. The first-order valence-electron chi connectivity index (χ1n) is 3.39. The second-order valence-electron chi connectivity index (χ2n) is 2.05. The van der Waals surface area contributed by atoms with Gasteiger partial charge in [0.05, 0.1) is 0 Å². The monoisotopic (exact) mass is 146 g/mol. The normalized spacial score (nSPS) is 9.56. The first-order valence-corrected chi connectivity index (χ1v) is 5.39. The Morgan fingerprint density at radius 2 is 1.44 bits per heavy atom. The number of hydrogen-bond acceptors (Lipinski definition) is 2. The Morgan fingerprint density at radius 3 is 1.78 bits per heavy atom. The third-order valence-electron chi connectivity index (χ3n) is 1.20. The van der Waals surface area contributed by atoms with Crippen molar-refractivity contribution in [3.8, 4) is 0 Å². The average Bonchev–Trinajstić information content (AvgIpc) is 1.89. The second-order valence-corrected chi connectivity index (χ2v) is 4.17. The minimum absolute atomic E-state index is 0.139. The highest BCUT2D eigenvalue weighted by molar-refractivity contribution is 6.35. The van der Waals surface area contributed by atoms with E-state index in [2.05, 4.69) is 0 Å². The van der Waals surface area contributed by atoms with Crippen molar-refractivity contribution in [2.75, 3.05) is 27.4 Å². The van der Waals surface area contributed by atoms with Gasteiger partial charge in [-0.2, -0.15) is 0 Å². The summed E-state index contributed by atoms with van der Waals surface area (Å²) in [5.41, 5.74) is 0. The largest absolute Gasteiger partial charge is 0.386 e. The van der Waals surface area contributed by atoms with Gasteiger partial charge in [-0.1, -0.05) is 10.6 Å². The predicted octanol–water partition coefficient (Wildman–Crippen LogP) is 0.552. The van der Waals surface area contributed by atoms with E-state index >= 15 is 0 Å². The van der Waals surface area contributed by atoms with Gasteiger partial charge in [-0.3, -0.25) is 0 Å². The highest BCUT2D eigenvalue weighted by Gasteiger charge is 1.91. The van der Waals surface area contributed by atoms with Gasteiger partial charge >= 0.3 is 0 Å². The van der Waals surface area contributed by atoms with Crippen LogP contribution in [0.5, 0.6) is 0 Å². The lowest BCUT2D eigenvalue weighted by molar-refractivity contribution is 0.210. The minimum atomic E-state index is 0.139. The fourth-order valence-corrected chi connectivity index (χ4v) is 2.01. The summed E-state index contributed by atoms with van der Waals surface area (Å²) >= 11 is 0.139. The number of hydrogen-bond donors (Lipinski definition) is 0. The van der Waals surface area contributed by atoms with E-state index in [-0.39, 0.29) is 15.2 Å². The maximum absolute atomic E-state index is 4.92. The zero-order valence-corrected chi connectivity index (χ0v) is 7.77. The lowest BCUT2D eigenvalue weighted by atomic mass is 10.8. The van der Waals surface area contributed by atoms with E-state index < -0.39 is 0 Å². The maximum atomic E-state index is 4.92. The first-order chi connectivity index (χ1) is 4.41. The molecule has 9 heavy (non-hydrogen) atoms. The maximum Gasteiger partial charge on any atom is 0.244 e. The van der Waals surface area contributed by atoms with Crippen LogP contribution in [0.3, 0.4) is 0 Å². The highest BCUT2D eigenvalue weighted by atomic mass is 27.1. The third-order valence-corrected chi connectivity index (χ3v) is 2.77. The summed E-state index contributed by atoms with van der Waals surface area (Å²) in [5.74, 6) is 0. The topological polar surface area (TPSA) is 18.5 Å². The van der Waals surface area contributed by atoms with Crippen molar-refractivity contribution < 1.29 is 9.47 Å². The standard InChI is InChI=1S/2C3H7O.Al.H/c2*1-3-4-2;;/h2*1,3H2,2H3;;. The molecule has 0 aromatic heterocycles. The summed E-state index contributed by atoms with van der Waals surface area (Å²) in [6.45, 7) is 1.88. The van der Waals surface area contributed by atoms with Crippen molar-refractivity contribution in [1.82, 2.24) is 0 Å². The zero-order chi connectivity index (χ0) is 6.95. The van der Waals surface area contributed by atoms with Crippen LogP contribution in [0.25, 0.3) is 0 Å². The molecule has 0 fully saturated rings. The van der Waals surface area contributed by atoms with Crippen LogP contribution >= 0.6 is 0 Å². The van der Waals surface area contributed by atoms with Gasteiger partial charge in [0, 0.05) is 27.4 Å². The van der Waals surface area contributed by atoms with Crippen LogP contribution in [0.4, 0.5) is 0 Å². The van der Waals surface area contributed by atoms with Gasteiger partial charge < -0.3 is 9.47 Å². The number of ether oxygens (including phenoxy) is 2. The summed E-state index contributed by atoms with van der Waals surface area (Å²) in [4.78, 5) is 0. The average molecular weight is 146 g/mol. The molecule has 0 unspecified atom stereocenters. The lowest BCUT2D eigenvalue weighted by Gasteiger charge is -1.95. The van der Waals surface area contributed by atoms with Gasteiger partial charge in [0.2, 0.25) is 15.2 Å². The van der Waals surface area contributed by atoms with Crippen LogP contribution in [-0.4, -0.2) is 42.7 Å². The molecule has 0 aliphatic carbocycles. The summed E-state index contributed by atoms with van der Waals surface area (Å²) in [6, 6.07) is 0. The quantitative estimate of drug-likeness (QED) is 0.402. The molecule has 0 aliphatic heterocycles. The van der Waals surface area contributed by atoms with E-state index in [1.54, 1.807) is 14.2 Å². The van der Waals surface area contributed by atoms with Gasteiger partial charge in [0.1, 0.15) is 0 Å². The van der Waals surface area contributed by atoms with Crippen molar-refractivity contribution in [2.45, 2.75) is 10.6 Å². The smallest absolute Gasteiger partial charge is 0.244 e. The summed E-state index contributed by atoms with van der Waals surface area (Å²) in [7, 11) is 3.51. The molecule has 0 aromatic rings. The van der Waals surface area contributed by atoms with E-state index in [0.29, 0.717) is 0 Å². The van der Waals surface area contributed by atoms with Crippen LogP contribution in [0.15, 0.2) is 0 Å². The molecule has 0 radical (unpaired) electrons. The first kappa shape index (κ1) is 9.45. The van der Waals surface area contributed by atoms with Crippen LogP contribution in [-0.2, 0) is 9.47 Å². The SMILES string of the molecule is COC[CH2][AlH][CH2]COC. The Morgan fingerprint density at radius 1 is 1.00 bits per heavy atom. The third kappa shape index (κ3) is 8.45. The van der Waals surface area contributed by atoms with Crippen molar-refractivity contribution in [2.24, 2.45) is 0 Å². The molecule has 0 N–H and O–H groups in total. The summed E-state index contributed by atoms with van der Waals surface area (Å²) in [6.07, 6.45) is 0. The van der Waals surface area contributed by atoms with Crippen LogP contribution < -0.4 is 0 Å². The van der Waals surface area contributed by atoms with Gasteiger partial charge in [0.25, 0.3) is 0 Å². The molecule has 0 heterocycles. The molecule has 0 aliphatic rings. The Labute approximate surface area is 63.2 Å². The molecule has 54 valence electrons. The number of methoxy groups -OCH3 is 2. The fraction of sp³-hybridized carbons (Fsp3) is 1.00. The van der Waals surface area contributed by atoms with Crippen molar-refractivity contribution >= 4 is 15.2 Å². The molecular formula is C6H15AlO2. The van der Waals surface area contributed by atoms with Crippen molar-refractivity contribution in [1.29, 1.82) is 0 Å².